The van der Waals surface area contributed by atoms with Crippen LogP contribution in [0.5, 0.6) is 0 Å². The molecule has 0 aliphatic rings. The van der Waals surface area contributed by atoms with Crippen molar-refractivity contribution in [1.29, 1.82) is 0 Å². The molecule has 0 aromatic carbocycles. The Kier molecular flexibility index (Phi) is 46.0. The summed E-state index contributed by atoms with van der Waals surface area (Å²) in [6.45, 7) is 6.45. The number of esters is 3. The Morgan fingerprint density at radius 1 is 0.350 bits per heavy atom. The van der Waals surface area contributed by atoms with Crippen LogP contribution in [0.2, 0.25) is 0 Å². The molecule has 6 heteroatoms. The van der Waals surface area contributed by atoms with Gasteiger partial charge in [-0.15, -0.1) is 0 Å². The third kappa shape index (κ3) is 45.9. The van der Waals surface area contributed by atoms with Crippen molar-refractivity contribution >= 4 is 17.9 Å². The van der Waals surface area contributed by atoms with Crippen LogP contribution in [0.15, 0.2) is 72.9 Å². The Morgan fingerprint density at radius 3 is 1.02 bits per heavy atom. The minimum atomic E-state index is -0.789. The lowest BCUT2D eigenvalue weighted by Gasteiger charge is -2.18. The van der Waals surface area contributed by atoms with Crippen molar-refractivity contribution in [1.82, 2.24) is 0 Å². The van der Waals surface area contributed by atoms with E-state index < -0.39 is 6.10 Å². The molecule has 0 heterocycles. The molecule has 0 saturated heterocycles. The summed E-state index contributed by atoms with van der Waals surface area (Å²) >= 11 is 0. The predicted octanol–water partition coefficient (Wildman–Crippen LogP) is 16.3. The molecule has 1 unspecified atom stereocenters. The average molecular weight is 837 g/mol. The summed E-state index contributed by atoms with van der Waals surface area (Å²) in [5.41, 5.74) is 0. The zero-order valence-corrected chi connectivity index (χ0v) is 39.2. The number of hydrogen-bond acceptors (Lipinski definition) is 6. The van der Waals surface area contributed by atoms with Crippen LogP contribution in [0.25, 0.3) is 0 Å². The molecule has 1 atom stereocenters. The van der Waals surface area contributed by atoms with Crippen LogP contribution in [0.1, 0.15) is 233 Å². The average Bonchev–Trinajstić information content (AvgIpc) is 3.24. The second-order valence-electron chi connectivity index (χ2n) is 16.5. The van der Waals surface area contributed by atoms with Gasteiger partial charge in [-0.2, -0.15) is 0 Å². The standard InChI is InChI=1S/C54H92O6/c1-4-7-10-13-16-19-22-24-26-27-28-30-32-35-38-41-44-47-53(56)59-50-51(49-58-52(55)46-43-40-37-34-31-21-18-15-12-9-6-3)60-54(57)48-45-42-39-36-33-29-25-23-20-17-14-11-8-5-2/h7,10,13,16,19,22,24,26-28,30,32,51H,4-6,8-9,11-12,14-15,17-18,20-21,23,25,29,31,33-50H2,1-3H3/b10-7-,16-13-,22-19-,26-24-,28-27+,32-30-. The maximum absolute atomic E-state index is 12.8. The van der Waals surface area contributed by atoms with Crippen molar-refractivity contribution in [3.8, 4) is 0 Å². The van der Waals surface area contributed by atoms with Crippen LogP contribution in [-0.4, -0.2) is 37.2 Å². The number of allylic oxidation sites excluding steroid dienone is 12. The lowest BCUT2D eigenvalue weighted by atomic mass is 10.0. The van der Waals surface area contributed by atoms with Gasteiger partial charge in [-0.25, -0.2) is 0 Å². The topological polar surface area (TPSA) is 78.9 Å². The van der Waals surface area contributed by atoms with Gasteiger partial charge in [0.1, 0.15) is 13.2 Å². The third-order valence-corrected chi connectivity index (χ3v) is 10.6. The van der Waals surface area contributed by atoms with E-state index in [9.17, 15) is 14.4 Å². The molecule has 0 aliphatic carbocycles. The van der Waals surface area contributed by atoms with Crippen molar-refractivity contribution < 1.29 is 28.6 Å². The molecule has 0 bridgehead atoms. The molecular formula is C54H92O6. The lowest BCUT2D eigenvalue weighted by molar-refractivity contribution is -0.167. The number of hydrogen-bond donors (Lipinski definition) is 0. The molecule has 0 saturated carbocycles. The highest BCUT2D eigenvalue weighted by molar-refractivity contribution is 5.71. The minimum Gasteiger partial charge on any atom is -0.462 e. The number of carbonyl (C=O) groups excluding carboxylic acids is 3. The number of unbranched alkanes of at least 4 members (excludes halogenated alkanes) is 26. The van der Waals surface area contributed by atoms with Gasteiger partial charge in [0, 0.05) is 19.3 Å². The van der Waals surface area contributed by atoms with Crippen molar-refractivity contribution in [2.75, 3.05) is 13.2 Å². The fourth-order valence-corrected chi connectivity index (χ4v) is 6.89. The van der Waals surface area contributed by atoms with Crippen LogP contribution < -0.4 is 0 Å². The second kappa shape index (κ2) is 48.5. The first-order valence-corrected chi connectivity index (χ1v) is 25.0. The smallest absolute Gasteiger partial charge is 0.306 e. The third-order valence-electron chi connectivity index (χ3n) is 10.6. The van der Waals surface area contributed by atoms with E-state index in [1.54, 1.807) is 0 Å². The fraction of sp³-hybridized carbons (Fsp3) is 0.722. The first-order chi connectivity index (χ1) is 29.5. The van der Waals surface area contributed by atoms with Crippen molar-refractivity contribution in [2.45, 2.75) is 239 Å². The van der Waals surface area contributed by atoms with E-state index in [0.29, 0.717) is 19.3 Å². The molecule has 0 aromatic rings. The van der Waals surface area contributed by atoms with E-state index in [0.717, 1.165) is 70.6 Å². The largest absolute Gasteiger partial charge is 0.462 e. The van der Waals surface area contributed by atoms with E-state index in [1.165, 1.54) is 122 Å². The lowest BCUT2D eigenvalue weighted by Crippen LogP contribution is -2.30. The molecule has 0 aromatic heterocycles. The highest BCUT2D eigenvalue weighted by atomic mass is 16.6. The summed E-state index contributed by atoms with van der Waals surface area (Å²) in [7, 11) is 0. The van der Waals surface area contributed by atoms with Crippen molar-refractivity contribution in [3.05, 3.63) is 72.9 Å². The summed E-state index contributed by atoms with van der Waals surface area (Å²) in [6.07, 6.45) is 60.2. The number of carbonyl (C=O) groups is 3. The van der Waals surface area contributed by atoms with Gasteiger partial charge in [0.05, 0.1) is 0 Å². The van der Waals surface area contributed by atoms with Crippen LogP contribution in [-0.2, 0) is 28.6 Å². The first-order valence-electron chi connectivity index (χ1n) is 25.0. The van der Waals surface area contributed by atoms with E-state index >= 15 is 0 Å². The number of rotatable bonds is 44. The van der Waals surface area contributed by atoms with Crippen LogP contribution in [0.3, 0.4) is 0 Å². The molecule has 60 heavy (non-hydrogen) atoms. The molecule has 0 fully saturated rings. The van der Waals surface area contributed by atoms with Gasteiger partial charge in [-0.3, -0.25) is 14.4 Å². The summed E-state index contributed by atoms with van der Waals surface area (Å²) in [5, 5.41) is 0. The van der Waals surface area contributed by atoms with Gasteiger partial charge in [-0.05, 0) is 38.5 Å². The number of ether oxygens (including phenoxy) is 3. The molecule has 0 radical (unpaired) electrons. The zero-order chi connectivity index (χ0) is 43.7. The maximum atomic E-state index is 12.8. The zero-order valence-electron chi connectivity index (χ0n) is 39.2. The SMILES string of the molecule is CC\C=C/C=C\C=C/C=C\C=C\C=C/CCCCCC(=O)OCC(COC(=O)CCCCCCCCCCCCC)OC(=O)CCCCCCCCCCCCCCCC. The van der Waals surface area contributed by atoms with Crippen molar-refractivity contribution in [2.24, 2.45) is 0 Å². The molecule has 0 aliphatic heterocycles. The van der Waals surface area contributed by atoms with Gasteiger partial charge in [0.2, 0.25) is 0 Å². The van der Waals surface area contributed by atoms with Crippen LogP contribution in [0.4, 0.5) is 0 Å². The Hall–Kier alpha value is -3.15. The molecular weight excluding hydrogens is 745 g/mol. The Morgan fingerprint density at radius 2 is 0.650 bits per heavy atom. The molecule has 0 N–H and O–H groups in total. The minimum absolute atomic E-state index is 0.0871. The predicted molar refractivity (Wildman–Crippen MR) is 256 cm³/mol. The molecule has 0 spiro atoms. The summed E-state index contributed by atoms with van der Waals surface area (Å²) in [4.78, 5) is 37.9. The second-order valence-corrected chi connectivity index (χ2v) is 16.5. The Bertz CT molecular complexity index is 1140. The van der Waals surface area contributed by atoms with E-state index in [2.05, 4.69) is 32.9 Å². The van der Waals surface area contributed by atoms with E-state index in [4.69, 9.17) is 14.2 Å². The quantitative estimate of drug-likeness (QED) is 0.0263. The van der Waals surface area contributed by atoms with Gasteiger partial charge in [0.15, 0.2) is 6.10 Å². The van der Waals surface area contributed by atoms with Crippen molar-refractivity contribution in [3.63, 3.8) is 0 Å². The van der Waals surface area contributed by atoms with Gasteiger partial charge in [0.25, 0.3) is 0 Å². The monoisotopic (exact) mass is 837 g/mol. The van der Waals surface area contributed by atoms with Gasteiger partial charge in [-0.1, -0.05) is 248 Å². The Balaban J connectivity index is 4.45. The summed E-state index contributed by atoms with van der Waals surface area (Å²) in [5.74, 6) is -0.930. The van der Waals surface area contributed by atoms with Gasteiger partial charge >= 0.3 is 17.9 Å². The molecule has 6 nitrogen and oxygen atoms in total. The summed E-state index contributed by atoms with van der Waals surface area (Å²) in [6, 6.07) is 0. The molecule has 0 amide bonds. The van der Waals surface area contributed by atoms with E-state index in [1.807, 2.05) is 60.8 Å². The highest BCUT2D eigenvalue weighted by Gasteiger charge is 2.19. The van der Waals surface area contributed by atoms with Crippen LogP contribution in [0, 0.1) is 0 Å². The first kappa shape index (κ1) is 56.9. The maximum Gasteiger partial charge on any atom is 0.306 e. The Labute approximate surface area is 370 Å². The van der Waals surface area contributed by atoms with Crippen LogP contribution >= 0.6 is 0 Å². The highest BCUT2D eigenvalue weighted by Crippen LogP contribution is 2.15. The fourth-order valence-electron chi connectivity index (χ4n) is 6.89. The molecule has 0 rings (SSSR count). The van der Waals surface area contributed by atoms with E-state index in [-0.39, 0.29) is 31.1 Å². The summed E-state index contributed by atoms with van der Waals surface area (Å²) < 4.78 is 16.7. The molecule has 344 valence electrons. The van der Waals surface area contributed by atoms with Gasteiger partial charge < -0.3 is 14.2 Å². The normalized spacial score (nSPS) is 12.7.